The molecule has 0 aliphatic rings. The van der Waals surface area contributed by atoms with Gasteiger partial charge in [-0.2, -0.15) is 0 Å². The summed E-state index contributed by atoms with van der Waals surface area (Å²) < 4.78 is 5.37. The summed E-state index contributed by atoms with van der Waals surface area (Å²) in [6, 6.07) is 14.6. The number of ether oxygens (including phenoxy) is 1. The summed E-state index contributed by atoms with van der Waals surface area (Å²) in [6.07, 6.45) is 0. The highest BCUT2D eigenvalue weighted by Gasteiger charge is 2.07. The van der Waals surface area contributed by atoms with Crippen molar-refractivity contribution in [2.75, 3.05) is 7.11 Å². The predicted octanol–water partition coefficient (Wildman–Crippen LogP) is 5.00. The Kier molecular flexibility index (Phi) is 5.97. The summed E-state index contributed by atoms with van der Waals surface area (Å²) in [4.78, 5) is 2.20. The highest BCUT2D eigenvalue weighted by atomic mass is 35.5. The van der Waals surface area contributed by atoms with Crippen molar-refractivity contribution in [1.82, 2.24) is 5.32 Å². The van der Waals surface area contributed by atoms with Crippen LogP contribution in [0, 0.1) is 0 Å². The Morgan fingerprint density at radius 1 is 1.19 bits per heavy atom. The highest BCUT2D eigenvalue weighted by Crippen LogP contribution is 2.36. The summed E-state index contributed by atoms with van der Waals surface area (Å²) in [5, 5.41) is 4.17. The monoisotopic (exact) mass is 321 g/mol. The van der Waals surface area contributed by atoms with E-state index in [4.69, 9.17) is 16.3 Å². The van der Waals surface area contributed by atoms with Crippen molar-refractivity contribution in [3.63, 3.8) is 0 Å². The second-order valence-corrected chi connectivity index (χ2v) is 6.56. The Morgan fingerprint density at radius 2 is 1.95 bits per heavy atom. The maximum absolute atomic E-state index is 6.37. The van der Waals surface area contributed by atoms with E-state index in [1.54, 1.807) is 18.9 Å². The van der Waals surface area contributed by atoms with Gasteiger partial charge < -0.3 is 10.1 Å². The number of hydrogen-bond acceptors (Lipinski definition) is 3. The van der Waals surface area contributed by atoms with Crippen LogP contribution in [-0.4, -0.2) is 13.2 Å². The molecule has 0 unspecified atom stereocenters. The van der Waals surface area contributed by atoms with E-state index in [1.165, 1.54) is 0 Å². The van der Waals surface area contributed by atoms with Crippen molar-refractivity contribution in [3.05, 3.63) is 53.1 Å². The zero-order chi connectivity index (χ0) is 15.2. The summed E-state index contributed by atoms with van der Waals surface area (Å²) in [5.74, 6) is 0.879. The Balaban J connectivity index is 2.13. The van der Waals surface area contributed by atoms with Crippen LogP contribution in [-0.2, 0) is 6.54 Å². The number of methoxy groups -OCH3 is 1. The van der Waals surface area contributed by atoms with Gasteiger partial charge in [-0.25, -0.2) is 0 Å². The Morgan fingerprint density at radius 3 is 2.62 bits per heavy atom. The molecule has 21 heavy (non-hydrogen) atoms. The zero-order valence-electron chi connectivity index (χ0n) is 12.5. The topological polar surface area (TPSA) is 21.3 Å². The third-order valence-electron chi connectivity index (χ3n) is 3.02. The van der Waals surface area contributed by atoms with Gasteiger partial charge in [-0.15, -0.1) is 0 Å². The molecule has 0 atom stereocenters. The molecule has 2 aromatic rings. The van der Waals surface area contributed by atoms with E-state index in [0.717, 1.165) is 32.7 Å². The molecule has 0 saturated heterocycles. The molecule has 0 fully saturated rings. The molecule has 0 aliphatic carbocycles. The molecule has 4 heteroatoms. The summed E-state index contributed by atoms with van der Waals surface area (Å²) in [5.41, 5.74) is 1.12. The van der Waals surface area contributed by atoms with Crippen LogP contribution < -0.4 is 10.1 Å². The molecule has 0 saturated carbocycles. The molecule has 0 aliphatic heterocycles. The van der Waals surface area contributed by atoms with Crippen LogP contribution in [0.3, 0.4) is 0 Å². The fourth-order valence-corrected chi connectivity index (χ4v) is 3.16. The minimum atomic E-state index is 0.448. The van der Waals surface area contributed by atoms with Gasteiger partial charge in [0.2, 0.25) is 0 Å². The number of benzene rings is 2. The first-order valence-corrected chi connectivity index (χ1v) is 8.12. The van der Waals surface area contributed by atoms with Crippen LogP contribution in [0.2, 0.25) is 5.02 Å². The lowest BCUT2D eigenvalue weighted by atomic mass is 10.2. The molecule has 1 N–H and O–H groups in total. The van der Waals surface area contributed by atoms with Crippen LogP contribution in [0.25, 0.3) is 0 Å². The van der Waals surface area contributed by atoms with Crippen molar-refractivity contribution in [1.29, 1.82) is 0 Å². The van der Waals surface area contributed by atoms with E-state index in [1.807, 2.05) is 30.3 Å². The van der Waals surface area contributed by atoms with Crippen molar-refractivity contribution < 1.29 is 4.74 Å². The average molecular weight is 322 g/mol. The normalized spacial score (nSPS) is 10.9. The number of nitrogens with one attached hydrogen (secondary N) is 1. The maximum atomic E-state index is 6.37. The lowest BCUT2D eigenvalue weighted by Crippen LogP contribution is -2.21. The summed E-state index contributed by atoms with van der Waals surface area (Å²) in [6.45, 7) is 5.04. The van der Waals surface area contributed by atoms with E-state index in [-0.39, 0.29) is 0 Å². The molecule has 0 heterocycles. The van der Waals surface area contributed by atoms with E-state index in [9.17, 15) is 0 Å². The van der Waals surface area contributed by atoms with E-state index in [0.29, 0.717) is 6.04 Å². The number of hydrogen-bond donors (Lipinski definition) is 1. The number of rotatable bonds is 6. The van der Waals surface area contributed by atoms with E-state index in [2.05, 4.69) is 31.3 Å². The largest absolute Gasteiger partial charge is 0.496 e. The van der Waals surface area contributed by atoms with Crippen molar-refractivity contribution in [2.24, 2.45) is 0 Å². The van der Waals surface area contributed by atoms with Crippen molar-refractivity contribution in [3.8, 4) is 5.75 Å². The van der Waals surface area contributed by atoms with Crippen LogP contribution in [0.15, 0.2) is 52.3 Å². The van der Waals surface area contributed by atoms with Gasteiger partial charge in [0.1, 0.15) is 5.75 Å². The molecule has 112 valence electrons. The van der Waals surface area contributed by atoms with E-state index < -0.39 is 0 Å². The molecular weight excluding hydrogens is 302 g/mol. The SMILES string of the molecule is COc1ccccc1Sc1ccc(CNC(C)C)c(Cl)c1. The fourth-order valence-electron chi connectivity index (χ4n) is 1.88. The van der Waals surface area contributed by atoms with E-state index >= 15 is 0 Å². The first kappa shape index (κ1) is 16.2. The van der Waals surface area contributed by atoms with Gasteiger partial charge in [0.15, 0.2) is 0 Å². The molecule has 2 aromatic carbocycles. The smallest absolute Gasteiger partial charge is 0.132 e. The Labute approximate surface area is 135 Å². The molecule has 0 amide bonds. The van der Waals surface area contributed by atoms with Crippen LogP contribution in [0.1, 0.15) is 19.4 Å². The molecule has 0 aromatic heterocycles. The van der Waals surface area contributed by atoms with Gasteiger partial charge in [0.25, 0.3) is 0 Å². The summed E-state index contributed by atoms with van der Waals surface area (Å²) >= 11 is 8.02. The lowest BCUT2D eigenvalue weighted by Gasteiger charge is -2.11. The highest BCUT2D eigenvalue weighted by molar-refractivity contribution is 7.99. The third kappa shape index (κ3) is 4.67. The van der Waals surface area contributed by atoms with Crippen LogP contribution >= 0.6 is 23.4 Å². The van der Waals surface area contributed by atoms with Gasteiger partial charge in [0, 0.05) is 22.5 Å². The zero-order valence-corrected chi connectivity index (χ0v) is 14.1. The van der Waals surface area contributed by atoms with Gasteiger partial charge in [-0.3, -0.25) is 0 Å². The van der Waals surface area contributed by atoms with Crippen molar-refractivity contribution in [2.45, 2.75) is 36.2 Å². The lowest BCUT2D eigenvalue weighted by molar-refractivity contribution is 0.405. The van der Waals surface area contributed by atoms with Crippen LogP contribution in [0.5, 0.6) is 5.75 Å². The first-order chi connectivity index (χ1) is 10.1. The quantitative estimate of drug-likeness (QED) is 0.809. The second-order valence-electron chi connectivity index (χ2n) is 5.04. The fraction of sp³-hybridized carbons (Fsp3) is 0.294. The molecule has 0 radical (unpaired) electrons. The molecule has 2 nitrogen and oxygen atoms in total. The summed E-state index contributed by atoms with van der Waals surface area (Å²) in [7, 11) is 1.69. The van der Waals surface area contributed by atoms with Crippen molar-refractivity contribution >= 4 is 23.4 Å². The average Bonchev–Trinajstić information content (AvgIpc) is 2.47. The maximum Gasteiger partial charge on any atom is 0.132 e. The van der Waals surface area contributed by atoms with Gasteiger partial charge in [0.05, 0.1) is 12.0 Å². The second kappa shape index (κ2) is 7.74. The molecule has 2 rings (SSSR count). The number of para-hydroxylation sites is 1. The Hall–Kier alpha value is -1.16. The van der Waals surface area contributed by atoms with Crippen LogP contribution in [0.4, 0.5) is 0 Å². The minimum Gasteiger partial charge on any atom is -0.496 e. The standard InChI is InChI=1S/C17H20ClNOS/c1-12(2)19-11-13-8-9-14(10-15(13)18)21-17-7-5-4-6-16(17)20-3/h4-10,12,19H,11H2,1-3H3. The minimum absolute atomic E-state index is 0.448. The Bertz CT molecular complexity index is 601. The van der Waals surface area contributed by atoms with Gasteiger partial charge in [-0.05, 0) is 29.8 Å². The predicted molar refractivity (Wildman–Crippen MR) is 90.5 cm³/mol. The molecular formula is C17H20ClNOS. The number of halogens is 1. The van der Waals surface area contributed by atoms with Gasteiger partial charge >= 0.3 is 0 Å². The first-order valence-electron chi connectivity index (χ1n) is 6.93. The molecule has 0 spiro atoms. The molecule has 0 bridgehead atoms. The van der Waals surface area contributed by atoms with Gasteiger partial charge in [-0.1, -0.05) is 55.4 Å². The third-order valence-corrected chi connectivity index (χ3v) is 4.42.